The average molecular weight is 238 g/mol. The van der Waals surface area contributed by atoms with Crippen LogP contribution in [0.25, 0.3) is 0 Å². The van der Waals surface area contributed by atoms with Gasteiger partial charge in [-0.3, -0.25) is 9.69 Å². The van der Waals surface area contributed by atoms with Gasteiger partial charge in [-0.25, -0.2) is 0 Å². The number of nitrogens with one attached hydrogen (secondary N) is 1. The predicted octanol–water partition coefficient (Wildman–Crippen LogP) is 0.767. The SMILES string of the molecule is CCOC(=O)C1(N2CC3(CCNCC3)C2)CC1. The maximum absolute atomic E-state index is 12.0. The Bertz CT molecular complexity index is 311. The molecule has 3 fully saturated rings. The Morgan fingerprint density at radius 1 is 1.24 bits per heavy atom. The second-order valence-corrected chi connectivity index (χ2v) is 5.86. The van der Waals surface area contributed by atoms with Gasteiger partial charge in [0.2, 0.25) is 0 Å². The first-order valence-electron chi connectivity index (χ1n) is 6.84. The standard InChI is InChI=1S/C13H22N2O2/c1-2-17-11(16)13(3-4-13)15-9-12(10-15)5-7-14-8-6-12/h14H,2-10H2,1H3. The summed E-state index contributed by atoms with van der Waals surface area (Å²) in [5.41, 5.74) is 0.291. The minimum Gasteiger partial charge on any atom is -0.465 e. The van der Waals surface area contributed by atoms with E-state index in [2.05, 4.69) is 10.2 Å². The van der Waals surface area contributed by atoms with E-state index in [1.165, 1.54) is 12.8 Å². The number of ether oxygens (including phenoxy) is 1. The lowest BCUT2D eigenvalue weighted by Gasteiger charge is -2.55. The molecule has 0 atom stereocenters. The number of hydrogen-bond donors (Lipinski definition) is 1. The van der Waals surface area contributed by atoms with E-state index in [-0.39, 0.29) is 11.5 Å². The van der Waals surface area contributed by atoms with Crippen molar-refractivity contribution in [3.63, 3.8) is 0 Å². The van der Waals surface area contributed by atoms with Crippen molar-refractivity contribution >= 4 is 5.97 Å². The molecule has 0 aromatic heterocycles. The van der Waals surface area contributed by atoms with Crippen molar-refractivity contribution in [2.75, 3.05) is 32.8 Å². The van der Waals surface area contributed by atoms with E-state index in [0.29, 0.717) is 12.0 Å². The Morgan fingerprint density at radius 2 is 1.88 bits per heavy atom. The molecule has 0 radical (unpaired) electrons. The maximum Gasteiger partial charge on any atom is 0.326 e. The third-order valence-corrected chi connectivity index (χ3v) is 4.70. The lowest BCUT2D eigenvalue weighted by molar-refractivity contribution is -0.159. The van der Waals surface area contributed by atoms with Crippen LogP contribution in [0.5, 0.6) is 0 Å². The number of likely N-dealkylation sites (tertiary alicyclic amines) is 1. The summed E-state index contributed by atoms with van der Waals surface area (Å²) < 4.78 is 5.21. The molecule has 1 N–H and O–H groups in total. The number of piperidine rings is 1. The molecule has 2 aliphatic heterocycles. The van der Waals surface area contributed by atoms with Crippen LogP contribution >= 0.6 is 0 Å². The van der Waals surface area contributed by atoms with Crippen molar-refractivity contribution in [3.05, 3.63) is 0 Å². The number of rotatable bonds is 3. The third kappa shape index (κ3) is 1.78. The minimum absolute atomic E-state index is 0.0174. The summed E-state index contributed by atoms with van der Waals surface area (Å²) >= 11 is 0. The minimum atomic E-state index is -0.216. The van der Waals surface area contributed by atoms with Gasteiger partial charge in [0.05, 0.1) is 6.61 Å². The molecular weight excluding hydrogens is 216 g/mol. The molecule has 0 unspecified atom stereocenters. The molecule has 0 aromatic carbocycles. The second-order valence-electron chi connectivity index (χ2n) is 5.86. The Balaban J connectivity index is 1.59. The third-order valence-electron chi connectivity index (χ3n) is 4.70. The van der Waals surface area contributed by atoms with Gasteiger partial charge in [-0.1, -0.05) is 0 Å². The van der Waals surface area contributed by atoms with Crippen molar-refractivity contribution < 1.29 is 9.53 Å². The fraction of sp³-hybridized carbons (Fsp3) is 0.923. The van der Waals surface area contributed by atoms with Crippen molar-refractivity contribution in [3.8, 4) is 0 Å². The first-order chi connectivity index (χ1) is 8.21. The number of esters is 1. The molecule has 3 rings (SSSR count). The van der Waals surface area contributed by atoms with E-state index >= 15 is 0 Å². The average Bonchev–Trinajstić information content (AvgIpc) is 3.08. The van der Waals surface area contributed by atoms with Gasteiger partial charge in [0.25, 0.3) is 0 Å². The summed E-state index contributed by atoms with van der Waals surface area (Å²) in [6.45, 7) is 6.88. The molecule has 4 heteroatoms. The summed E-state index contributed by atoms with van der Waals surface area (Å²) in [6.07, 6.45) is 4.53. The van der Waals surface area contributed by atoms with Crippen LogP contribution in [0.3, 0.4) is 0 Å². The topological polar surface area (TPSA) is 41.6 Å². The van der Waals surface area contributed by atoms with Crippen molar-refractivity contribution in [2.24, 2.45) is 5.41 Å². The van der Waals surface area contributed by atoms with Gasteiger partial charge in [-0.05, 0) is 51.1 Å². The van der Waals surface area contributed by atoms with Gasteiger partial charge in [0.15, 0.2) is 0 Å². The van der Waals surface area contributed by atoms with Crippen LogP contribution in [-0.2, 0) is 9.53 Å². The van der Waals surface area contributed by atoms with E-state index in [9.17, 15) is 4.79 Å². The zero-order chi connectivity index (χ0) is 11.9. The van der Waals surface area contributed by atoms with Crippen LogP contribution in [0.15, 0.2) is 0 Å². The van der Waals surface area contributed by atoms with Gasteiger partial charge in [-0.15, -0.1) is 0 Å². The number of carbonyl (C=O) groups excluding carboxylic acids is 1. The van der Waals surface area contributed by atoms with Crippen LogP contribution in [-0.4, -0.2) is 49.2 Å². The molecular formula is C13H22N2O2. The summed E-state index contributed by atoms with van der Waals surface area (Å²) in [5, 5.41) is 3.41. The van der Waals surface area contributed by atoms with Gasteiger partial charge in [0, 0.05) is 13.1 Å². The highest BCUT2D eigenvalue weighted by Crippen LogP contribution is 2.51. The summed E-state index contributed by atoms with van der Waals surface area (Å²) in [4.78, 5) is 14.3. The Kier molecular flexibility index (Phi) is 2.67. The van der Waals surface area contributed by atoms with E-state index in [1.54, 1.807) is 0 Å². The largest absolute Gasteiger partial charge is 0.465 e. The molecule has 17 heavy (non-hydrogen) atoms. The van der Waals surface area contributed by atoms with E-state index in [1.807, 2.05) is 6.92 Å². The first kappa shape index (κ1) is 11.5. The highest BCUT2D eigenvalue weighted by Gasteiger charge is 2.62. The quantitative estimate of drug-likeness (QED) is 0.737. The molecule has 1 aliphatic carbocycles. The van der Waals surface area contributed by atoms with Gasteiger partial charge in [-0.2, -0.15) is 0 Å². The van der Waals surface area contributed by atoms with E-state index in [4.69, 9.17) is 4.74 Å². The van der Waals surface area contributed by atoms with Crippen LogP contribution in [0.1, 0.15) is 32.6 Å². The predicted molar refractivity (Wildman–Crippen MR) is 64.7 cm³/mol. The summed E-state index contributed by atoms with van der Waals surface area (Å²) in [5.74, 6) is 0.0174. The van der Waals surface area contributed by atoms with Gasteiger partial charge >= 0.3 is 5.97 Å². The monoisotopic (exact) mass is 238 g/mol. The number of carbonyl (C=O) groups is 1. The molecule has 3 aliphatic rings. The van der Waals surface area contributed by atoms with E-state index in [0.717, 1.165) is 39.0 Å². The first-order valence-corrected chi connectivity index (χ1v) is 6.84. The van der Waals surface area contributed by atoms with Crippen molar-refractivity contribution in [1.82, 2.24) is 10.2 Å². The molecule has 0 amide bonds. The smallest absolute Gasteiger partial charge is 0.326 e. The molecule has 4 nitrogen and oxygen atoms in total. The zero-order valence-electron chi connectivity index (χ0n) is 10.6. The molecule has 0 aromatic rings. The Hall–Kier alpha value is -0.610. The Labute approximate surface area is 103 Å². The maximum atomic E-state index is 12.0. The fourth-order valence-electron chi connectivity index (χ4n) is 3.37. The van der Waals surface area contributed by atoms with Crippen LogP contribution in [0.4, 0.5) is 0 Å². The van der Waals surface area contributed by atoms with E-state index < -0.39 is 0 Å². The highest BCUT2D eigenvalue weighted by molar-refractivity contribution is 5.84. The molecule has 96 valence electrons. The molecule has 2 saturated heterocycles. The van der Waals surface area contributed by atoms with Crippen LogP contribution in [0, 0.1) is 5.41 Å². The van der Waals surface area contributed by atoms with Crippen molar-refractivity contribution in [1.29, 1.82) is 0 Å². The normalized spacial score (nSPS) is 29.7. The molecule has 1 spiro atoms. The summed E-state index contributed by atoms with van der Waals surface area (Å²) in [7, 11) is 0. The Morgan fingerprint density at radius 3 is 2.41 bits per heavy atom. The lowest BCUT2D eigenvalue weighted by atomic mass is 9.71. The number of nitrogens with zero attached hydrogens (tertiary/aromatic N) is 1. The zero-order valence-corrected chi connectivity index (χ0v) is 10.6. The second kappa shape index (κ2) is 3.95. The molecule has 0 bridgehead atoms. The lowest BCUT2D eigenvalue weighted by Crippen LogP contribution is -2.65. The summed E-state index contributed by atoms with van der Waals surface area (Å²) in [6, 6.07) is 0. The fourth-order valence-corrected chi connectivity index (χ4v) is 3.37. The van der Waals surface area contributed by atoms with Gasteiger partial charge < -0.3 is 10.1 Å². The van der Waals surface area contributed by atoms with Crippen LogP contribution < -0.4 is 5.32 Å². The van der Waals surface area contributed by atoms with Gasteiger partial charge in [0.1, 0.15) is 5.54 Å². The molecule has 2 heterocycles. The molecule has 1 saturated carbocycles. The number of hydrogen-bond acceptors (Lipinski definition) is 4. The highest BCUT2D eigenvalue weighted by atomic mass is 16.5. The van der Waals surface area contributed by atoms with Crippen LogP contribution in [0.2, 0.25) is 0 Å². The van der Waals surface area contributed by atoms with Crippen molar-refractivity contribution in [2.45, 2.75) is 38.1 Å².